The maximum atomic E-state index is 13.1. The molecule has 148 valence electrons. The quantitative estimate of drug-likeness (QED) is 0.795. The van der Waals surface area contributed by atoms with Gasteiger partial charge in [0.25, 0.3) is 11.8 Å². The van der Waals surface area contributed by atoms with Crippen LogP contribution in [0.3, 0.4) is 0 Å². The lowest BCUT2D eigenvalue weighted by Crippen LogP contribution is -2.32. The monoisotopic (exact) mass is 387 g/mol. The molecular weight excluding hydrogens is 365 g/mol. The van der Waals surface area contributed by atoms with Crippen LogP contribution in [0, 0.1) is 5.82 Å². The number of hydrogen-bond acceptors (Lipinski definition) is 5. The molecule has 1 unspecified atom stereocenters. The minimum absolute atomic E-state index is 0.0624. The minimum atomic E-state index is -0.842. The number of aryl methyl sites for hydroxylation is 1. The van der Waals surface area contributed by atoms with Gasteiger partial charge in [0.05, 0.1) is 11.4 Å². The number of aromatic nitrogens is 2. The number of halogens is 1. The van der Waals surface area contributed by atoms with Gasteiger partial charge in [-0.05, 0) is 38.5 Å². The van der Waals surface area contributed by atoms with E-state index in [1.165, 1.54) is 12.1 Å². The first-order chi connectivity index (χ1) is 13.4. The van der Waals surface area contributed by atoms with Gasteiger partial charge >= 0.3 is 0 Å². The number of nitrogens with one attached hydrogen (secondary N) is 2. The topological polar surface area (TPSA) is 97.6 Å². The van der Waals surface area contributed by atoms with Crippen molar-refractivity contribution < 1.29 is 18.8 Å². The van der Waals surface area contributed by atoms with Gasteiger partial charge in [-0.1, -0.05) is 17.3 Å². The highest BCUT2D eigenvalue weighted by molar-refractivity contribution is 6.07. The highest BCUT2D eigenvalue weighted by atomic mass is 19.1. The third-order valence-electron chi connectivity index (χ3n) is 4.12. The molecule has 1 aromatic heterocycles. The molecule has 0 saturated heterocycles. The number of anilines is 1. The Morgan fingerprint density at radius 1 is 1.32 bits per heavy atom. The molecule has 2 heterocycles. The van der Waals surface area contributed by atoms with Gasteiger partial charge in [0.15, 0.2) is 5.69 Å². The molecular formula is C19H22FN5O3. The van der Waals surface area contributed by atoms with E-state index in [9.17, 15) is 14.0 Å². The molecule has 0 saturated carbocycles. The van der Waals surface area contributed by atoms with E-state index >= 15 is 0 Å². The Morgan fingerprint density at radius 2 is 2.04 bits per heavy atom. The maximum Gasteiger partial charge on any atom is 0.274 e. The molecule has 1 aliphatic heterocycles. The number of carbonyl (C=O) groups is 2. The number of carbonyl (C=O) groups excluding carboxylic acids is 2. The van der Waals surface area contributed by atoms with E-state index in [4.69, 9.17) is 4.84 Å². The molecule has 0 radical (unpaired) electrons. The SMILES string of the molecule is CCn1cc(NC(=O)C2CC(c3ccc(F)cc3)=NO2)c(C(=O)NC(C)C)n1. The van der Waals surface area contributed by atoms with E-state index in [1.807, 2.05) is 20.8 Å². The highest BCUT2D eigenvalue weighted by Crippen LogP contribution is 2.20. The largest absolute Gasteiger partial charge is 0.382 e. The average Bonchev–Trinajstić information content (AvgIpc) is 3.29. The van der Waals surface area contributed by atoms with Gasteiger partial charge in [-0.15, -0.1) is 0 Å². The maximum absolute atomic E-state index is 13.1. The standard InChI is InChI=1S/C19H22FN5O3/c1-4-25-10-15(17(23-25)19(27)21-11(2)3)22-18(26)16-9-14(24-28-16)12-5-7-13(20)8-6-12/h5-8,10-11,16H,4,9H2,1-3H3,(H,21,27)(H,22,26). The Balaban J connectivity index is 1.69. The first-order valence-corrected chi connectivity index (χ1v) is 9.05. The molecule has 0 aliphatic carbocycles. The molecule has 1 aromatic carbocycles. The zero-order valence-electron chi connectivity index (χ0n) is 15.9. The number of benzene rings is 1. The van der Waals surface area contributed by atoms with E-state index in [-0.39, 0.29) is 29.9 Å². The van der Waals surface area contributed by atoms with E-state index in [0.717, 1.165) is 0 Å². The molecule has 1 aliphatic rings. The molecule has 0 spiro atoms. The molecule has 8 nitrogen and oxygen atoms in total. The number of amides is 2. The second-order valence-corrected chi connectivity index (χ2v) is 6.71. The summed E-state index contributed by atoms with van der Waals surface area (Å²) in [6, 6.07) is 5.75. The average molecular weight is 387 g/mol. The van der Waals surface area contributed by atoms with Crippen LogP contribution in [0.25, 0.3) is 0 Å². The van der Waals surface area contributed by atoms with Crippen molar-refractivity contribution in [2.75, 3.05) is 5.32 Å². The van der Waals surface area contributed by atoms with Gasteiger partial charge in [0, 0.05) is 25.2 Å². The number of rotatable bonds is 6. The van der Waals surface area contributed by atoms with Crippen LogP contribution in [0.2, 0.25) is 0 Å². The molecule has 0 fully saturated rings. The summed E-state index contributed by atoms with van der Waals surface area (Å²) >= 11 is 0. The lowest BCUT2D eigenvalue weighted by molar-refractivity contribution is -0.125. The van der Waals surface area contributed by atoms with Crippen LogP contribution in [-0.2, 0) is 16.2 Å². The second kappa shape index (κ2) is 8.20. The summed E-state index contributed by atoms with van der Waals surface area (Å²) in [6.07, 6.45) is 1.00. The number of nitrogens with zero attached hydrogens (tertiary/aromatic N) is 3. The first kappa shape index (κ1) is 19.5. The van der Waals surface area contributed by atoms with Crippen molar-refractivity contribution in [2.24, 2.45) is 5.16 Å². The van der Waals surface area contributed by atoms with E-state index in [1.54, 1.807) is 23.0 Å². The molecule has 2 N–H and O–H groups in total. The van der Waals surface area contributed by atoms with Crippen molar-refractivity contribution in [1.29, 1.82) is 0 Å². The van der Waals surface area contributed by atoms with Crippen molar-refractivity contribution >= 4 is 23.2 Å². The van der Waals surface area contributed by atoms with Crippen LogP contribution < -0.4 is 10.6 Å². The van der Waals surface area contributed by atoms with Gasteiger partial charge in [-0.25, -0.2) is 4.39 Å². The van der Waals surface area contributed by atoms with E-state index in [2.05, 4.69) is 20.9 Å². The van der Waals surface area contributed by atoms with Crippen LogP contribution in [0.15, 0.2) is 35.6 Å². The number of hydrogen-bond donors (Lipinski definition) is 2. The molecule has 2 aromatic rings. The van der Waals surface area contributed by atoms with Crippen molar-refractivity contribution in [3.8, 4) is 0 Å². The third-order valence-corrected chi connectivity index (χ3v) is 4.12. The lowest BCUT2D eigenvalue weighted by atomic mass is 10.0. The van der Waals surface area contributed by atoms with Gasteiger partial charge in [-0.2, -0.15) is 5.10 Å². The fraction of sp³-hybridized carbons (Fsp3) is 0.368. The van der Waals surface area contributed by atoms with Crippen LogP contribution in [0.4, 0.5) is 10.1 Å². The fourth-order valence-electron chi connectivity index (χ4n) is 2.72. The van der Waals surface area contributed by atoms with Crippen LogP contribution >= 0.6 is 0 Å². The molecule has 1 atom stereocenters. The van der Waals surface area contributed by atoms with Gasteiger partial charge < -0.3 is 15.5 Å². The predicted molar refractivity (Wildman–Crippen MR) is 102 cm³/mol. The van der Waals surface area contributed by atoms with Crippen LogP contribution in [0.5, 0.6) is 0 Å². The van der Waals surface area contributed by atoms with E-state index in [0.29, 0.717) is 23.5 Å². The Morgan fingerprint density at radius 3 is 2.68 bits per heavy atom. The summed E-state index contributed by atoms with van der Waals surface area (Å²) in [5, 5.41) is 13.6. The summed E-state index contributed by atoms with van der Waals surface area (Å²) in [4.78, 5) is 30.2. The van der Waals surface area contributed by atoms with Crippen molar-refractivity contribution in [1.82, 2.24) is 15.1 Å². The predicted octanol–water partition coefficient (Wildman–Crippen LogP) is 2.31. The summed E-state index contributed by atoms with van der Waals surface area (Å²) in [6.45, 7) is 6.11. The van der Waals surface area contributed by atoms with Crippen LogP contribution in [0.1, 0.15) is 43.2 Å². The Hall–Kier alpha value is -3.23. The van der Waals surface area contributed by atoms with Gasteiger partial charge in [0.2, 0.25) is 6.10 Å². The molecule has 28 heavy (non-hydrogen) atoms. The van der Waals surface area contributed by atoms with Gasteiger partial charge in [-0.3, -0.25) is 14.3 Å². The molecule has 2 amide bonds. The number of oxime groups is 1. The second-order valence-electron chi connectivity index (χ2n) is 6.71. The van der Waals surface area contributed by atoms with Crippen molar-refractivity contribution in [2.45, 2.75) is 45.9 Å². The van der Waals surface area contributed by atoms with Gasteiger partial charge in [0.1, 0.15) is 5.82 Å². The Kier molecular flexibility index (Phi) is 5.72. The van der Waals surface area contributed by atoms with Crippen molar-refractivity contribution in [3.63, 3.8) is 0 Å². The van der Waals surface area contributed by atoms with E-state index < -0.39 is 12.0 Å². The Labute approximate surface area is 161 Å². The molecule has 9 heteroatoms. The van der Waals surface area contributed by atoms with Crippen LogP contribution in [-0.4, -0.2) is 39.5 Å². The molecule has 3 rings (SSSR count). The van der Waals surface area contributed by atoms with Crippen molar-refractivity contribution in [3.05, 3.63) is 47.5 Å². The third kappa shape index (κ3) is 4.36. The normalized spacial score (nSPS) is 15.9. The summed E-state index contributed by atoms with van der Waals surface area (Å²) in [7, 11) is 0. The Bertz CT molecular complexity index is 905. The lowest BCUT2D eigenvalue weighted by Gasteiger charge is -2.10. The first-order valence-electron chi connectivity index (χ1n) is 9.05. The zero-order valence-corrected chi connectivity index (χ0v) is 15.9. The zero-order chi connectivity index (χ0) is 20.3. The summed E-state index contributed by atoms with van der Waals surface area (Å²) in [5.74, 6) is -1.15. The fourth-order valence-corrected chi connectivity index (χ4v) is 2.72. The molecule has 0 bridgehead atoms. The smallest absolute Gasteiger partial charge is 0.274 e. The summed E-state index contributed by atoms with van der Waals surface area (Å²) < 4.78 is 14.6. The minimum Gasteiger partial charge on any atom is -0.382 e. The highest BCUT2D eigenvalue weighted by Gasteiger charge is 2.30. The summed E-state index contributed by atoms with van der Waals surface area (Å²) in [5.41, 5.74) is 1.69.